The Morgan fingerprint density at radius 2 is 1.84 bits per heavy atom. The number of halogens is 3. The van der Waals surface area contributed by atoms with Gasteiger partial charge in [0.15, 0.2) is 0 Å². The van der Waals surface area contributed by atoms with E-state index in [1.165, 1.54) is 12.2 Å². The number of allylic oxidation sites excluding steroid dienone is 2. The third-order valence-corrected chi connectivity index (χ3v) is 6.37. The monoisotopic (exact) mass is 474 g/mol. The molecule has 0 radical (unpaired) electrons. The van der Waals surface area contributed by atoms with E-state index < -0.39 is 33.3 Å². The lowest BCUT2D eigenvalue weighted by molar-refractivity contribution is -0.137. The van der Waals surface area contributed by atoms with Crippen molar-refractivity contribution in [3.63, 3.8) is 0 Å². The minimum atomic E-state index is -4.48. The lowest BCUT2D eigenvalue weighted by Gasteiger charge is -2.37. The quantitative estimate of drug-likeness (QED) is 0.586. The van der Waals surface area contributed by atoms with Crippen LogP contribution in [0.15, 0.2) is 47.4 Å². The number of hydrogen-bond acceptors (Lipinski definition) is 5. The van der Waals surface area contributed by atoms with Crippen LogP contribution < -0.4 is 15.8 Å². The highest BCUT2D eigenvalue weighted by molar-refractivity contribution is 7.93. The summed E-state index contributed by atoms with van der Waals surface area (Å²) in [5.74, 6) is 0. The number of benzene rings is 1. The topological polar surface area (TPSA) is 114 Å². The van der Waals surface area contributed by atoms with Crippen LogP contribution in [0.1, 0.15) is 18.4 Å². The second-order valence-electron chi connectivity index (χ2n) is 7.73. The zero-order valence-electron chi connectivity index (χ0n) is 17.2. The maximum absolute atomic E-state index is 12.7. The summed E-state index contributed by atoms with van der Waals surface area (Å²) in [7, 11) is -3.96. The van der Waals surface area contributed by atoms with Crippen LogP contribution in [0, 0.1) is 0 Å². The van der Waals surface area contributed by atoms with Gasteiger partial charge in [0, 0.05) is 31.7 Å². The number of primary sulfonamides is 1. The Morgan fingerprint density at radius 3 is 2.44 bits per heavy atom. The van der Waals surface area contributed by atoms with Crippen molar-refractivity contribution >= 4 is 21.7 Å². The standard InChI is InChI=1S/C20H25F3N4O4S/c21-20(22,23)15-3-5-16(6-4-15)25-18(28)26-19(8-9-27-10-12-31-13-11-27)7-1-2-17(14-19)32(24,29)30/h1-7H,8-14H2,(H2,24,29,30)(H2,25,26,28). The van der Waals surface area contributed by atoms with Crippen molar-refractivity contribution in [3.8, 4) is 0 Å². The second kappa shape index (κ2) is 9.61. The van der Waals surface area contributed by atoms with Crippen LogP contribution >= 0.6 is 0 Å². The number of anilines is 1. The van der Waals surface area contributed by atoms with Crippen LogP contribution in [-0.4, -0.2) is 57.7 Å². The van der Waals surface area contributed by atoms with Gasteiger partial charge in [-0.1, -0.05) is 12.2 Å². The number of nitrogens with one attached hydrogen (secondary N) is 2. The van der Waals surface area contributed by atoms with E-state index in [-0.39, 0.29) is 17.0 Å². The Labute approximate surface area is 184 Å². The molecule has 1 unspecified atom stereocenters. The van der Waals surface area contributed by atoms with E-state index in [2.05, 4.69) is 15.5 Å². The van der Waals surface area contributed by atoms with Crippen LogP contribution in [-0.2, 0) is 20.9 Å². The number of carbonyl (C=O) groups excluding carboxylic acids is 1. The molecule has 1 aliphatic heterocycles. The predicted molar refractivity (Wildman–Crippen MR) is 113 cm³/mol. The maximum atomic E-state index is 12.7. The van der Waals surface area contributed by atoms with E-state index >= 15 is 0 Å². The first-order chi connectivity index (χ1) is 15.0. The highest BCUT2D eigenvalue weighted by Gasteiger charge is 2.35. The molecule has 32 heavy (non-hydrogen) atoms. The summed E-state index contributed by atoms with van der Waals surface area (Å²) < 4.78 is 67.3. The zero-order valence-corrected chi connectivity index (χ0v) is 18.0. The van der Waals surface area contributed by atoms with Gasteiger partial charge >= 0.3 is 12.2 Å². The molecule has 0 saturated carbocycles. The molecule has 1 aliphatic carbocycles. The SMILES string of the molecule is NS(=O)(=O)C1=CC=CC(CCN2CCOCC2)(NC(=O)Nc2ccc(C(F)(F)F)cc2)C1. The number of carbonyl (C=O) groups is 1. The lowest BCUT2D eigenvalue weighted by Crippen LogP contribution is -2.52. The summed E-state index contributed by atoms with van der Waals surface area (Å²) in [6.07, 6.45) is 0.505. The van der Waals surface area contributed by atoms with Gasteiger partial charge in [0.2, 0.25) is 10.0 Å². The number of hydrogen-bond donors (Lipinski definition) is 3. The smallest absolute Gasteiger partial charge is 0.379 e. The summed E-state index contributed by atoms with van der Waals surface area (Å²) in [6.45, 7) is 3.19. The number of sulfonamides is 1. The van der Waals surface area contributed by atoms with Gasteiger partial charge in [0.25, 0.3) is 0 Å². The first kappa shape index (κ1) is 24.2. The molecule has 176 valence electrons. The fourth-order valence-electron chi connectivity index (χ4n) is 3.60. The fourth-order valence-corrected chi connectivity index (χ4v) is 4.32. The number of amides is 2. The van der Waals surface area contributed by atoms with Gasteiger partial charge in [-0.3, -0.25) is 4.90 Å². The molecule has 4 N–H and O–H groups in total. The fraction of sp³-hybridized carbons (Fsp3) is 0.450. The molecular weight excluding hydrogens is 449 g/mol. The van der Waals surface area contributed by atoms with E-state index in [0.717, 1.165) is 37.4 Å². The molecule has 1 aromatic carbocycles. The normalized spacial score (nSPS) is 22.3. The van der Waals surface area contributed by atoms with E-state index in [9.17, 15) is 26.4 Å². The largest absolute Gasteiger partial charge is 0.416 e. The van der Waals surface area contributed by atoms with Crippen LogP contribution in [0.3, 0.4) is 0 Å². The van der Waals surface area contributed by atoms with Gasteiger partial charge in [0.1, 0.15) is 0 Å². The average molecular weight is 475 g/mol. The van der Waals surface area contributed by atoms with E-state index in [1.807, 2.05) is 0 Å². The molecule has 2 amide bonds. The summed E-state index contributed by atoms with van der Waals surface area (Å²) in [4.78, 5) is 14.8. The molecule has 3 rings (SSSR count). The van der Waals surface area contributed by atoms with Crippen LogP contribution in [0.25, 0.3) is 0 Å². The van der Waals surface area contributed by atoms with Crippen LogP contribution in [0.4, 0.5) is 23.7 Å². The summed E-state index contributed by atoms with van der Waals surface area (Å²) in [5, 5.41) is 10.6. The Hall–Kier alpha value is -2.41. The second-order valence-corrected chi connectivity index (χ2v) is 9.34. The minimum absolute atomic E-state index is 0.0168. The Bertz CT molecular complexity index is 987. The Balaban J connectivity index is 1.72. The first-order valence-corrected chi connectivity index (χ1v) is 11.5. The predicted octanol–water partition coefficient (Wildman–Crippen LogP) is 2.42. The molecule has 1 atom stereocenters. The molecule has 2 aliphatic rings. The van der Waals surface area contributed by atoms with Crippen LogP contribution in [0.5, 0.6) is 0 Å². The molecular formula is C20H25F3N4O4S. The molecule has 8 nitrogen and oxygen atoms in total. The maximum Gasteiger partial charge on any atom is 0.416 e. The Morgan fingerprint density at radius 1 is 1.19 bits per heavy atom. The average Bonchev–Trinajstić information content (AvgIpc) is 2.72. The van der Waals surface area contributed by atoms with Crippen molar-refractivity contribution in [3.05, 3.63) is 53.0 Å². The zero-order chi connectivity index (χ0) is 23.4. The van der Waals surface area contributed by atoms with Gasteiger partial charge in [-0.15, -0.1) is 0 Å². The summed E-state index contributed by atoms with van der Waals surface area (Å²) in [5.41, 5.74) is -1.70. The highest BCUT2D eigenvalue weighted by atomic mass is 32.2. The van der Waals surface area contributed by atoms with Gasteiger partial charge in [-0.25, -0.2) is 18.4 Å². The summed E-state index contributed by atoms with van der Waals surface area (Å²) >= 11 is 0. The van der Waals surface area contributed by atoms with E-state index in [4.69, 9.17) is 9.88 Å². The first-order valence-electron chi connectivity index (χ1n) is 9.95. The van der Waals surface area contributed by atoms with Crippen molar-refractivity contribution in [2.24, 2.45) is 5.14 Å². The minimum Gasteiger partial charge on any atom is -0.379 e. The number of rotatable bonds is 6. The molecule has 0 bridgehead atoms. The molecule has 12 heteroatoms. The third-order valence-electron chi connectivity index (χ3n) is 5.36. The van der Waals surface area contributed by atoms with Crippen molar-refractivity contribution in [2.75, 3.05) is 38.2 Å². The van der Waals surface area contributed by atoms with Crippen molar-refractivity contribution in [2.45, 2.75) is 24.6 Å². The number of alkyl halides is 3. The number of nitrogens with zero attached hydrogens (tertiary/aromatic N) is 1. The number of urea groups is 1. The van der Waals surface area contributed by atoms with E-state index in [0.29, 0.717) is 26.2 Å². The number of nitrogens with two attached hydrogens (primary N) is 1. The molecule has 1 heterocycles. The molecule has 0 spiro atoms. The molecule has 1 aromatic rings. The Kier molecular flexibility index (Phi) is 7.28. The van der Waals surface area contributed by atoms with Crippen molar-refractivity contribution in [1.82, 2.24) is 10.2 Å². The van der Waals surface area contributed by atoms with Gasteiger partial charge in [-0.05, 0) is 36.8 Å². The van der Waals surface area contributed by atoms with Gasteiger partial charge in [-0.2, -0.15) is 13.2 Å². The van der Waals surface area contributed by atoms with Crippen molar-refractivity contribution < 1.29 is 31.1 Å². The molecule has 0 aromatic heterocycles. The van der Waals surface area contributed by atoms with Gasteiger partial charge < -0.3 is 15.4 Å². The highest BCUT2D eigenvalue weighted by Crippen LogP contribution is 2.31. The molecule has 1 saturated heterocycles. The number of morpholine rings is 1. The van der Waals surface area contributed by atoms with Crippen LogP contribution in [0.2, 0.25) is 0 Å². The lowest BCUT2D eigenvalue weighted by atomic mass is 9.87. The van der Waals surface area contributed by atoms with E-state index in [1.54, 1.807) is 6.08 Å². The van der Waals surface area contributed by atoms with Gasteiger partial charge in [0.05, 0.1) is 29.2 Å². The third kappa shape index (κ3) is 6.55. The van der Waals surface area contributed by atoms with Crippen molar-refractivity contribution in [1.29, 1.82) is 0 Å². The molecule has 1 fully saturated rings. The number of ether oxygens (including phenoxy) is 1. The summed E-state index contributed by atoms with van der Waals surface area (Å²) in [6, 6.07) is 3.36.